The van der Waals surface area contributed by atoms with Gasteiger partial charge in [-0.25, -0.2) is 4.57 Å². The van der Waals surface area contributed by atoms with Crippen LogP contribution in [-0.4, -0.2) is 40.2 Å². The summed E-state index contributed by atoms with van der Waals surface area (Å²) >= 11 is 0.823. The molecule has 1 atom stereocenters. The number of carbonyl (C=O) groups excluding carboxylic acids is 2. The minimum atomic E-state index is -3.59. The Bertz CT molecular complexity index is 460. The summed E-state index contributed by atoms with van der Waals surface area (Å²) in [5.74, 6) is -0.643. The maximum atomic E-state index is 13.0. The maximum absolute atomic E-state index is 13.0. The van der Waals surface area contributed by atoms with Gasteiger partial charge in [0.25, 0.3) is 0 Å². The summed E-state index contributed by atoms with van der Waals surface area (Å²) in [5, 5.41) is -0.724. The molecule has 0 saturated carbocycles. The Morgan fingerprint density at radius 2 is 1.52 bits per heavy atom. The molecule has 1 rings (SSSR count). The van der Waals surface area contributed by atoms with Gasteiger partial charge in [0.2, 0.25) is 11.8 Å². The molecule has 8 heteroatoms. The molecule has 122 valence electrons. The van der Waals surface area contributed by atoms with Crippen LogP contribution in [0.5, 0.6) is 0 Å². The van der Waals surface area contributed by atoms with Gasteiger partial charge in [0.1, 0.15) is 5.25 Å². The van der Waals surface area contributed by atoms with E-state index in [1.54, 1.807) is 41.5 Å². The molecule has 0 aromatic heterocycles. The second kappa shape index (κ2) is 6.03. The van der Waals surface area contributed by atoms with Crippen LogP contribution in [0.1, 0.15) is 48.0 Å². The molecule has 2 amide bonds. The van der Waals surface area contributed by atoms with Crippen molar-refractivity contribution in [3.8, 4) is 0 Å². The Morgan fingerprint density at radius 3 is 1.81 bits per heavy atom. The number of imide groups is 1. The third-order valence-electron chi connectivity index (χ3n) is 2.37. The molecule has 1 aliphatic heterocycles. The van der Waals surface area contributed by atoms with E-state index >= 15 is 0 Å². The Kier molecular flexibility index (Phi) is 5.37. The van der Waals surface area contributed by atoms with Crippen molar-refractivity contribution in [2.45, 2.75) is 64.4 Å². The van der Waals surface area contributed by atoms with E-state index in [0.29, 0.717) is 0 Å². The van der Waals surface area contributed by atoms with Gasteiger partial charge in [-0.05, 0) is 52.9 Å². The second-order valence-electron chi connectivity index (χ2n) is 6.94. The zero-order valence-electron chi connectivity index (χ0n) is 13.6. The lowest BCUT2D eigenvalue weighted by atomic mass is 10.2. The first-order chi connectivity index (χ1) is 9.22. The van der Waals surface area contributed by atoms with Crippen molar-refractivity contribution < 1.29 is 23.2 Å². The fourth-order valence-corrected chi connectivity index (χ4v) is 6.96. The number of rotatable bonds is 4. The van der Waals surface area contributed by atoms with Gasteiger partial charge < -0.3 is 0 Å². The SMILES string of the molecule is CN1C(=O)CC(SP(=O)(OC(C)(C)C)OC(C)(C)C)C1=O. The zero-order chi connectivity index (χ0) is 16.6. The Morgan fingerprint density at radius 1 is 1.10 bits per heavy atom. The molecule has 6 nitrogen and oxygen atoms in total. The first-order valence-corrected chi connectivity index (χ1v) is 9.75. The lowest BCUT2D eigenvalue weighted by Crippen LogP contribution is -2.27. The predicted molar refractivity (Wildman–Crippen MR) is 83.1 cm³/mol. The largest absolute Gasteiger partial charge is 0.390 e. The molecule has 0 aliphatic carbocycles. The molecule has 0 aromatic carbocycles. The summed E-state index contributed by atoms with van der Waals surface area (Å²) in [7, 11) is 1.42. The summed E-state index contributed by atoms with van der Waals surface area (Å²) in [4.78, 5) is 24.6. The van der Waals surface area contributed by atoms with Gasteiger partial charge in [0, 0.05) is 13.5 Å². The summed E-state index contributed by atoms with van der Waals surface area (Å²) in [5.41, 5.74) is -1.38. The molecule has 1 fully saturated rings. The van der Waals surface area contributed by atoms with Crippen LogP contribution < -0.4 is 0 Å². The highest BCUT2D eigenvalue weighted by molar-refractivity contribution is 8.55. The normalized spacial score (nSPS) is 21.3. The van der Waals surface area contributed by atoms with Crippen molar-refractivity contribution in [1.29, 1.82) is 0 Å². The van der Waals surface area contributed by atoms with Crippen LogP contribution in [0.15, 0.2) is 0 Å². The Hall–Kier alpha value is -0.360. The minimum absolute atomic E-state index is 0.0188. The van der Waals surface area contributed by atoms with E-state index in [1.807, 2.05) is 0 Å². The fraction of sp³-hybridized carbons (Fsp3) is 0.846. The lowest BCUT2D eigenvalue weighted by molar-refractivity contribution is -0.136. The third-order valence-corrected chi connectivity index (χ3v) is 6.78. The average molecular weight is 337 g/mol. The van der Waals surface area contributed by atoms with Crippen LogP contribution in [0, 0.1) is 0 Å². The molecule has 1 heterocycles. The van der Waals surface area contributed by atoms with Crippen LogP contribution in [-0.2, 0) is 23.2 Å². The number of nitrogens with zero attached hydrogens (tertiary/aromatic N) is 1. The van der Waals surface area contributed by atoms with Crippen molar-refractivity contribution in [2.75, 3.05) is 7.05 Å². The van der Waals surface area contributed by atoms with Crippen molar-refractivity contribution in [3.05, 3.63) is 0 Å². The standard InChI is InChI=1S/C13H24NO5PS/c1-12(2,3)18-20(17,19-13(4,5)6)21-9-8-10(15)14(7)11(9)16/h9H,8H2,1-7H3. The third kappa shape index (κ3) is 5.74. The molecule has 21 heavy (non-hydrogen) atoms. The second-order valence-corrected chi connectivity index (χ2v) is 11.0. The van der Waals surface area contributed by atoms with Crippen molar-refractivity contribution in [1.82, 2.24) is 4.90 Å². The lowest BCUT2D eigenvalue weighted by Gasteiger charge is -2.32. The summed E-state index contributed by atoms with van der Waals surface area (Å²) in [6.07, 6.45) is 0.0188. The fourth-order valence-electron chi connectivity index (χ4n) is 1.69. The van der Waals surface area contributed by atoms with E-state index in [2.05, 4.69) is 0 Å². The highest BCUT2D eigenvalue weighted by Gasteiger charge is 2.45. The first-order valence-electron chi connectivity index (χ1n) is 6.73. The number of hydrogen-bond acceptors (Lipinski definition) is 6. The Labute approximate surface area is 130 Å². The topological polar surface area (TPSA) is 72.9 Å². The number of hydrogen-bond donors (Lipinski definition) is 0. The zero-order valence-corrected chi connectivity index (χ0v) is 15.3. The molecule has 0 aromatic rings. The van der Waals surface area contributed by atoms with Crippen LogP contribution in [0.4, 0.5) is 0 Å². The Balaban J connectivity index is 2.96. The summed E-state index contributed by atoms with van der Waals surface area (Å²) in [6, 6.07) is 0. The van der Waals surface area contributed by atoms with E-state index in [-0.39, 0.29) is 18.2 Å². The number of likely N-dealkylation sites (tertiary alicyclic amines) is 1. The average Bonchev–Trinajstić information content (AvgIpc) is 2.39. The molecule has 0 spiro atoms. The molecule has 0 N–H and O–H groups in total. The minimum Gasteiger partial charge on any atom is -0.295 e. The molecular formula is C13H24NO5PS. The van der Waals surface area contributed by atoms with E-state index < -0.39 is 23.2 Å². The van der Waals surface area contributed by atoms with Gasteiger partial charge in [-0.2, -0.15) is 0 Å². The van der Waals surface area contributed by atoms with E-state index in [9.17, 15) is 14.2 Å². The van der Waals surface area contributed by atoms with E-state index in [1.165, 1.54) is 7.05 Å². The highest BCUT2D eigenvalue weighted by Crippen LogP contribution is 2.67. The van der Waals surface area contributed by atoms with Crippen LogP contribution in [0.3, 0.4) is 0 Å². The number of carbonyl (C=O) groups is 2. The molecule has 1 saturated heterocycles. The number of amides is 2. The van der Waals surface area contributed by atoms with E-state index in [4.69, 9.17) is 9.05 Å². The highest BCUT2D eigenvalue weighted by atomic mass is 32.7. The van der Waals surface area contributed by atoms with Crippen LogP contribution in [0.25, 0.3) is 0 Å². The van der Waals surface area contributed by atoms with Gasteiger partial charge in [-0.1, -0.05) is 0 Å². The summed E-state index contributed by atoms with van der Waals surface area (Å²) < 4.78 is 24.2. The van der Waals surface area contributed by atoms with Crippen LogP contribution in [0.2, 0.25) is 0 Å². The van der Waals surface area contributed by atoms with Crippen LogP contribution >= 0.6 is 18.2 Å². The molecule has 0 radical (unpaired) electrons. The van der Waals surface area contributed by atoms with Gasteiger partial charge in [-0.3, -0.25) is 23.5 Å². The van der Waals surface area contributed by atoms with Crippen molar-refractivity contribution in [3.63, 3.8) is 0 Å². The van der Waals surface area contributed by atoms with Gasteiger partial charge in [0.05, 0.1) is 11.2 Å². The van der Waals surface area contributed by atoms with Gasteiger partial charge in [-0.15, -0.1) is 0 Å². The first kappa shape index (κ1) is 18.7. The monoisotopic (exact) mass is 337 g/mol. The van der Waals surface area contributed by atoms with Crippen molar-refractivity contribution in [2.24, 2.45) is 0 Å². The molecule has 1 aliphatic rings. The van der Waals surface area contributed by atoms with E-state index in [0.717, 1.165) is 16.3 Å². The maximum Gasteiger partial charge on any atom is 0.390 e. The van der Waals surface area contributed by atoms with Crippen molar-refractivity contribution >= 4 is 30.0 Å². The predicted octanol–water partition coefficient (Wildman–Crippen LogP) is 3.22. The molecule has 1 unspecified atom stereocenters. The summed E-state index contributed by atoms with van der Waals surface area (Å²) in [6.45, 7) is 7.00. The molecular weight excluding hydrogens is 313 g/mol. The molecule has 0 bridgehead atoms. The smallest absolute Gasteiger partial charge is 0.295 e. The van der Waals surface area contributed by atoms with Gasteiger partial charge in [0.15, 0.2) is 0 Å². The quantitative estimate of drug-likeness (QED) is 0.579. The van der Waals surface area contributed by atoms with Gasteiger partial charge >= 0.3 is 6.80 Å².